The average Bonchev–Trinajstić information content (AvgIpc) is 2.87. The first-order valence-corrected chi connectivity index (χ1v) is 9.65. The van der Waals surface area contributed by atoms with Crippen molar-refractivity contribution in [3.05, 3.63) is 23.5 Å². The molecule has 116 valence electrons. The Bertz CT molecular complexity index is 676. The second-order valence-electron chi connectivity index (χ2n) is 5.36. The summed E-state index contributed by atoms with van der Waals surface area (Å²) in [7, 11) is -3.63. The number of thioether (sulfide) groups is 1. The molecule has 4 nitrogen and oxygen atoms in total. The van der Waals surface area contributed by atoms with Crippen molar-refractivity contribution >= 4 is 27.6 Å². The molecule has 1 N–H and O–H groups in total. The third kappa shape index (κ3) is 2.81. The number of benzene rings is 1. The summed E-state index contributed by atoms with van der Waals surface area (Å²) in [5.74, 6) is -1.69. The zero-order chi connectivity index (χ0) is 15.8. The highest BCUT2D eigenvalue weighted by molar-refractivity contribution is 7.99. The van der Waals surface area contributed by atoms with Gasteiger partial charge < -0.3 is 5.11 Å². The van der Waals surface area contributed by atoms with E-state index in [4.69, 9.17) is 0 Å². The predicted molar refractivity (Wildman–Crippen MR) is 79.1 cm³/mol. The number of aliphatic carboxylic acids is 1. The smallest absolute Gasteiger partial charge is 0.314 e. The molecule has 0 amide bonds. The molecule has 0 saturated heterocycles. The normalized spacial score (nSPS) is 17.9. The number of hydrogen-bond acceptors (Lipinski definition) is 4. The van der Waals surface area contributed by atoms with Gasteiger partial charge in [0.1, 0.15) is 5.82 Å². The van der Waals surface area contributed by atoms with Gasteiger partial charge in [-0.25, -0.2) is 12.8 Å². The third-order valence-electron chi connectivity index (χ3n) is 4.03. The van der Waals surface area contributed by atoms with Crippen LogP contribution in [0, 0.1) is 5.82 Å². The van der Waals surface area contributed by atoms with Gasteiger partial charge in [0.25, 0.3) is 0 Å². The molecule has 1 aliphatic rings. The van der Waals surface area contributed by atoms with Crippen LogP contribution in [-0.4, -0.2) is 32.0 Å². The van der Waals surface area contributed by atoms with E-state index in [0.717, 1.165) is 30.9 Å². The van der Waals surface area contributed by atoms with Crippen LogP contribution in [0.5, 0.6) is 0 Å². The van der Waals surface area contributed by atoms with Crippen LogP contribution in [0.4, 0.5) is 4.39 Å². The van der Waals surface area contributed by atoms with Crippen molar-refractivity contribution in [3.8, 4) is 0 Å². The second-order valence-corrected chi connectivity index (χ2v) is 8.16. The van der Waals surface area contributed by atoms with E-state index in [-0.39, 0.29) is 15.4 Å². The van der Waals surface area contributed by atoms with E-state index in [9.17, 15) is 22.7 Å². The molecule has 0 spiro atoms. The quantitative estimate of drug-likeness (QED) is 0.859. The molecule has 0 bridgehead atoms. The fourth-order valence-corrected chi connectivity index (χ4v) is 4.92. The van der Waals surface area contributed by atoms with Gasteiger partial charge in [0, 0.05) is 6.26 Å². The van der Waals surface area contributed by atoms with Crippen molar-refractivity contribution in [1.29, 1.82) is 0 Å². The Hall–Kier alpha value is -1.08. The summed E-state index contributed by atoms with van der Waals surface area (Å²) in [5, 5.41) is 9.55. The Morgan fingerprint density at radius 1 is 1.33 bits per heavy atom. The fraction of sp³-hybridized carbons (Fsp3) is 0.500. The molecular weight excluding hydrogens is 315 g/mol. The van der Waals surface area contributed by atoms with Gasteiger partial charge in [0.15, 0.2) is 9.84 Å². The summed E-state index contributed by atoms with van der Waals surface area (Å²) in [6.45, 7) is 0. The van der Waals surface area contributed by atoms with Crippen molar-refractivity contribution < 1.29 is 22.7 Å². The number of carboxylic acids is 1. The number of halogens is 1. The molecule has 0 unspecified atom stereocenters. The first-order valence-electron chi connectivity index (χ1n) is 6.54. The summed E-state index contributed by atoms with van der Waals surface area (Å²) in [6, 6.07) is 2.52. The highest BCUT2D eigenvalue weighted by atomic mass is 32.2. The standard InChI is InChI=1S/C14H17FO4S2/c1-20-12-10(15)7-9(8-11(12)21(2,18)19)14(13(16)17)5-3-4-6-14/h7-8H,3-6H2,1-2H3,(H,16,17). The molecule has 1 fully saturated rings. The number of carbonyl (C=O) groups is 1. The van der Waals surface area contributed by atoms with Crippen LogP contribution < -0.4 is 0 Å². The molecule has 0 radical (unpaired) electrons. The third-order valence-corrected chi connectivity index (χ3v) is 6.11. The number of rotatable bonds is 4. The van der Waals surface area contributed by atoms with Crippen LogP contribution in [0.15, 0.2) is 21.9 Å². The lowest BCUT2D eigenvalue weighted by molar-refractivity contribution is -0.143. The summed E-state index contributed by atoms with van der Waals surface area (Å²) < 4.78 is 38.0. The molecular formula is C14H17FO4S2. The predicted octanol–water partition coefficient (Wildman–Crippen LogP) is 2.85. The maximum absolute atomic E-state index is 14.2. The van der Waals surface area contributed by atoms with Gasteiger partial charge in [-0.2, -0.15) is 0 Å². The largest absolute Gasteiger partial charge is 0.481 e. The number of hydrogen-bond donors (Lipinski definition) is 1. The van der Waals surface area contributed by atoms with Gasteiger partial charge in [0.05, 0.1) is 15.2 Å². The van der Waals surface area contributed by atoms with Crippen molar-refractivity contribution in [2.45, 2.75) is 40.9 Å². The molecule has 7 heteroatoms. The minimum absolute atomic E-state index is 0.0415. The Balaban J connectivity index is 2.72. The topological polar surface area (TPSA) is 71.4 Å². The summed E-state index contributed by atoms with van der Waals surface area (Å²) >= 11 is 1.01. The number of sulfone groups is 1. The summed E-state index contributed by atoms with van der Waals surface area (Å²) in [4.78, 5) is 11.6. The van der Waals surface area contributed by atoms with Gasteiger partial charge in [0.2, 0.25) is 0 Å². The lowest BCUT2D eigenvalue weighted by atomic mass is 9.79. The molecule has 0 aromatic heterocycles. The first-order chi connectivity index (χ1) is 9.72. The Morgan fingerprint density at radius 3 is 2.33 bits per heavy atom. The van der Waals surface area contributed by atoms with E-state index in [1.807, 2.05) is 0 Å². The lowest BCUT2D eigenvalue weighted by Gasteiger charge is -2.25. The zero-order valence-corrected chi connectivity index (χ0v) is 13.5. The lowest BCUT2D eigenvalue weighted by Crippen LogP contribution is -2.33. The van der Waals surface area contributed by atoms with E-state index in [2.05, 4.69) is 0 Å². The maximum atomic E-state index is 14.2. The first kappa shape index (κ1) is 16.3. The molecule has 0 atom stereocenters. The van der Waals surface area contributed by atoms with Gasteiger partial charge in [-0.15, -0.1) is 11.8 Å². The minimum atomic E-state index is -3.63. The van der Waals surface area contributed by atoms with Gasteiger partial charge in [-0.3, -0.25) is 4.79 Å². The molecule has 1 aliphatic carbocycles. The zero-order valence-electron chi connectivity index (χ0n) is 11.8. The van der Waals surface area contributed by atoms with Crippen LogP contribution in [0.2, 0.25) is 0 Å². The highest BCUT2D eigenvalue weighted by Gasteiger charge is 2.44. The van der Waals surface area contributed by atoms with Gasteiger partial charge in [-0.05, 0) is 36.8 Å². The van der Waals surface area contributed by atoms with Gasteiger partial charge >= 0.3 is 5.97 Å². The van der Waals surface area contributed by atoms with Gasteiger partial charge in [-0.1, -0.05) is 12.8 Å². The second kappa shape index (κ2) is 5.61. The monoisotopic (exact) mass is 332 g/mol. The Labute approximate surface area is 127 Å². The molecule has 0 heterocycles. The van der Waals surface area contributed by atoms with E-state index in [1.54, 1.807) is 6.26 Å². The molecule has 1 aromatic carbocycles. The van der Waals surface area contributed by atoms with Crippen LogP contribution in [-0.2, 0) is 20.0 Å². The highest BCUT2D eigenvalue weighted by Crippen LogP contribution is 2.43. The van der Waals surface area contributed by atoms with Crippen molar-refractivity contribution in [1.82, 2.24) is 0 Å². The van der Waals surface area contributed by atoms with Crippen molar-refractivity contribution in [2.75, 3.05) is 12.5 Å². The van der Waals surface area contributed by atoms with Crippen LogP contribution >= 0.6 is 11.8 Å². The van der Waals surface area contributed by atoms with E-state index in [0.29, 0.717) is 12.8 Å². The van der Waals surface area contributed by atoms with Crippen LogP contribution in [0.1, 0.15) is 31.2 Å². The maximum Gasteiger partial charge on any atom is 0.314 e. The summed E-state index contributed by atoms with van der Waals surface area (Å²) in [5.41, 5.74) is -0.916. The van der Waals surface area contributed by atoms with Crippen LogP contribution in [0.3, 0.4) is 0 Å². The van der Waals surface area contributed by atoms with Crippen LogP contribution in [0.25, 0.3) is 0 Å². The molecule has 1 saturated carbocycles. The molecule has 2 rings (SSSR count). The minimum Gasteiger partial charge on any atom is -0.481 e. The Kier molecular flexibility index (Phi) is 4.35. The average molecular weight is 332 g/mol. The van der Waals surface area contributed by atoms with Crippen molar-refractivity contribution in [3.63, 3.8) is 0 Å². The summed E-state index contributed by atoms with van der Waals surface area (Å²) in [6.07, 6.45) is 4.90. The van der Waals surface area contributed by atoms with E-state index >= 15 is 0 Å². The fourth-order valence-electron chi connectivity index (χ4n) is 2.92. The van der Waals surface area contributed by atoms with E-state index < -0.39 is 27.0 Å². The van der Waals surface area contributed by atoms with E-state index in [1.165, 1.54) is 12.1 Å². The van der Waals surface area contributed by atoms with Crippen molar-refractivity contribution in [2.24, 2.45) is 0 Å². The molecule has 0 aliphatic heterocycles. The Morgan fingerprint density at radius 2 is 1.90 bits per heavy atom. The SMILES string of the molecule is CSc1c(F)cc(C2(C(=O)O)CCCC2)cc1S(C)(=O)=O. The number of carboxylic acid groups (broad SMARTS) is 1. The molecule has 1 aromatic rings. The molecule has 21 heavy (non-hydrogen) atoms.